The number of anilines is 1. The van der Waals surface area contributed by atoms with Crippen LogP contribution in [-0.2, 0) is 32.6 Å². The van der Waals surface area contributed by atoms with Crippen molar-refractivity contribution in [2.75, 3.05) is 24.5 Å². The van der Waals surface area contributed by atoms with Gasteiger partial charge in [-0.25, -0.2) is 8.42 Å². The quantitative estimate of drug-likeness (QED) is 0.206. The number of carbonyl (C=O) groups excluding carboxylic acids is 2. The van der Waals surface area contributed by atoms with Crippen LogP contribution in [0.5, 0.6) is 5.75 Å². The highest BCUT2D eigenvalue weighted by Crippen LogP contribution is 2.33. The Morgan fingerprint density at radius 2 is 1.52 bits per heavy atom. The summed E-state index contributed by atoms with van der Waals surface area (Å²) in [5.74, 6) is -0.670. The second-order valence-corrected chi connectivity index (χ2v) is 12.4. The second kappa shape index (κ2) is 14.9. The molecule has 0 bridgehead atoms. The number of benzene rings is 4. The van der Waals surface area contributed by atoms with E-state index >= 15 is 0 Å². The summed E-state index contributed by atoms with van der Waals surface area (Å²) >= 11 is 6.51. The van der Waals surface area contributed by atoms with Crippen molar-refractivity contribution in [3.63, 3.8) is 0 Å². The fourth-order valence-corrected chi connectivity index (χ4v) is 6.44. The highest BCUT2D eigenvalue weighted by atomic mass is 35.5. The third-order valence-corrected chi connectivity index (χ3v) is 9.28. The van der Waals surface area contributed by atoms with Crippen LogP contribution >= 0.6 is 11.6 Å². The van der Waals surface area contributed by atoms with E-state index in [-0.39, 0.29) is 30.2 Å². The van der Waals surface area contributed by atoms with Crippen molar-refractivity contribution in [1.29, 1.82) is 0 Å². The van der Waals surface area contributed by atoms with Crippen molar-refractivity contribution in [2.24, 2.45) is 0 Å². The first-order valence-electron chi connectivity index (χ1n) is 14.2. The lowest BCUT2D eigenvalue weighted by molar-refractivity contribution is -0.139. The molecular formula is C34H36ClN3O5S. The van der Waals surface area contributed by atoms with Crippen molar-refractivity contribution in [1.82, 2.24) is 10.2 Å². The number of sulfonamides is 1. The van der Waals surface area contributed by atoms with Gasteiger partial charge in [-0.2, -0.15) is 0 Å². The lowest BCUT2D eigenvalue weighted by Gasteiger charge is -2.34. The fourth-order valence-electron chi connectivity index (χ4n) is 4.82. The minimum Gasteiger partial charge on any atom is -0.492 e. The van der Waals surface area contributed by atoms with Gasteiger partial charge in [0.25, 0.3) is 10.0 Å². The topological polar surface area (TPSA) is 96.0 Å². The highest BCUT2D eigenvalue weighted by Gasteiger charge is 2.35. The molecule has 0 aliphatic carbocycles. The molecule has 44 heavy (non-hydrogen) atoms. The number of nitrogens with one attached hydrogen (secondary N) is 1. The summed E-state index contributed by atoms with van der Waals surface area (Å²) in [5, 5.41) is 3.10. The van der Waals surface area contributed by atoms with Gasteiger partial charge < -0.3 is 15.0 Å². The summed E-state index contributed by atoms with van der Waals surface area (Å²) in [7, 11) is -2.75. The number of nitrogens with zero attached hydrogens (tertiary/aromatic N) is 2. The van der Waals surface area contributed by atoms with Crippen LogP contribution in [0.1, 0.15) is 23.6 Å². The molecule has 10 heteroatoms. The smallest absolute Gasteiger partial charge is 0.264 e. The highest BCUT2D eigenvalue weighted by molar-refractivity contribution is 7.92. The van der Waals surface area contributed by atoms with Crippen LogP contribution in [0.25, 0.3) is 0 Å². The molecule has 2 amide bonds. The van der Waals surface area contributed by atoms with Gasteiger partial charge in [-0.3, -0.25) is 13.9 Å². The van der Waals surface area contributed by atoms with Crippen LogP contribution < -0.4 is 14.4 Å². The summed E-state index contributed by atoms with van der Waals surface area (Å²) < 4.78 is 35.3. The standard InChI is InChI=1S/C34H36ClN3O5S/c1-4-43-32-17-11-10-16-30(32)38(44(41,42)28-20-18-25(2)19-21-28)24-33(39)37(23-27-14-8-9-15-29(27)35)31(34(40)36-3)22-26-12-6-5-7-13-26/h5-21,31H,4,22-24H2,1-3H3,(H,36,40)/t31-/m1/s1. The molecule has 0 aliphatic rings. The third-order valence-electron chi connectivity index (χ3n) is 7.14. The molecule has 0 heterocycles. The van der Waals surface area contributed by atoms with Gasteiger partial charge in [-0.05, 0) is 55.3 Å². The van der Waals surface area contributed by atoms with E-state index < -0.39 is 34.4 Å². The van der Waals surface area contributed by atoms with Gasteiger partial charge in [-0.1, -0.05) is 90.0 Å². The van der Waals surface area contributed by atoms with Crippen LogP contribution in [0, 0.1) is 6.92 Å². The van der Waals surface area contributed by atoms with E-state index in [1.807, 2.05) is 37.3 Å². The lowest BCUT2D eigenvalue weighted by atomic mass is 10.0. The van der Waals surface area contributed by atoms with E-state index in [9.17, 15) is 18.0 Å². The van der Waals surface area contributed by atoms with Crippen LogP contribution in [-0.4, -0.2) is 51.4 Å². The van der Waals surface area contributed by atoms with Crippen LogP contribution in [0.4, 0.5) is 5.69 Å². The number of likely N-dealkylation sites (N-methyl/N-ethyl adjacent to an activating group) is 1. The Hall–Kier alpha value is -4.34. The Balaban J connectivity index is 1.83. The summed E-state index contributed by atoms with van der Waals surface area (Å²) in [6.45, 7) is 3.34. The average molecular weight is 634 g/mol. The van der Waals surface area contributed by atoms with Crippen molar-refractivity contribution in [3.8, 4) is 5.75 Å². The van der Waals surface area contributed by atoms with E-state index in [4.69, 9.17) is 16.3 Å². The molecule has 0 saturated heterocycles. The van der Waals surface area contributed by atoms with Crippen molar-refractivity contribution < 1.29 is 22.7 Å². The number of rotatable bonds is 13. The van der Waals surface area contributed by atoms with E-state index in [1.165, 1.54) is 24.1 Å². The maximum atomic E-state index is 14.5. The molecule has 0 aromatic heterocycles. The summed E-state index contributed by atoms with van der Waals surface area (Å²) in [6.07, 6.45) is 0.205. The number of aryl methyl sites for hydroxylation is 1. The Labute approximate surface area is 264 Å². The molecule has 4 aromatic carbocycles. The minimum atomic E-state index is -4.25. The van der Waals surface area contributed by atoms with E-state index in [0.29, 0.717) is 16.3 Å². The number of halogens is 1. The molecule has 230 valence electrons. The minimum absolute atomic E-state index is 0.0189. The number of para-hydroxylation sites is 2. The molecule has 0 radical (unpaired) electrons. The maximum Gasteiger partial charge on any atom is 0.264 e. The molecule has 1 atom stereocenters. The second-order valence-electron chi connectivity index (χ2n) is 10.2. The number of hydrogen-bond donors (Lipinski definition) is 1. The summed E-state index contributed by atoms with van der Waals surface area (Å²) in [4.78, 5) is 29.3. The predicted molar refractivity (Wildman–Crippen MR) is 173 cm³/mol. The predicted octanol–water partition coefficient (Wildman–Crippen LogP) is 5.63. The van der Waals surface area contributed by atoms with Gasteiger partial charge >= 0.3 is 0 Å². The number of ether oxygens (including phenoxy) is 1. The van der Waals surface area contributed by atoms with Gasteiger partial charge in [0.1, 0.15) is 18.3 Å². The Morgan fingerprint density at radius 1 is 0.886 bits per heavy atom. The van der Waals surface area contributed by atoms with Crippen LogP contribution in [0.2, 0.25) is 5.02 Å². The molecular weight excluding hydrogens is 598 g/mol. The maximum absolute atomic E-state index is 14.5. The first kappa shape index (κ1) is 32.6. The summed E-state index contributed by atoms with van der Waals surface area (Å²) in [5.41, 5.74) is 2.55. The average Bonchev–Trinajstić information content (AvgIpc) is 3.03. The fraction of sp³-hybridized carbons (Fsp3) is 0.235. The third kappa shape index (κ3) is 7.78. The van der Waals surface area contributed by atoms with Crippen molar-refractivity contribution in [3.05, 3.63) is 125 Å². The van der Waals surface area contributed by atoms with Gasteiger partial charge in [-0.15, -0.1) is 0 Å². The van der Waals surface area contributed by atoms with Crippen molar-refractivity contribution in [2.45, 2.75) is 37.8 Å². The normalized spacial score (nSPS) is 11.8. The Kier molecular flexibility index (Phi) is 11.0. The summed E-state index contributed by atoms with van der Waals surface area (Å²) in [6, 6.07) is 28.5. The number of carbonyl (C=O) groups is 2. The molecule has 8 nitrogen and oxygen atoms in total. The Bertz CT molecular complexity index is 1680. The van der Waals surface area contributed by atoms with E-state index in [0.717, 1.165) is 15.4 Å². The van der Waals surface area contributed by atoms with Gasteiger partial charge in [0.2, 0.25) is 11.8 Å². The van der Waals surface area contributed by atoms with Crippen molar-refractivity contribution >= 4 is 39.1 Å². The molecule has 0 saturated carbocycles. The molecule has 4 aromatic rings. The molecule has 0 fully saturated rings. The van der Waals surface area contributed by atoms with Crippen LogP contribution in [0.15, 0.2) is 108 Å². The molecule has 0 aliphatic heterocycles. The Morgan fingerprint density at radius 3 is 2.18 bits per heavy atom. The van der Waals surface area contributed by atoms with E-state index in [2.05, 4.69) is 5.32 Å². The first-order valence-corrected chi connectivity index (χ1v) is 16.1. The molecule has 1 N–H and O–H groups in total. The lowest BCUT2D eigenvalue weighted by Crippen LogP contribution is -2.53. The zero-order valence-corrected chi connectivity index (χ0v) is 26.5. The number of hydrogen-bond acceptors (Lipinski definition) is 5. The van der Waals surface area contributed by atoms with Gasteiger partial charge in [0.05, 0.1) is 17.2 Å². The van der Waals surface area contributed by atoms with Gasteiger partial charge in [0.15, 0.2) is 0 Å². The zero-order valence-electron chi connectivity index (χ0n) is 24.9. The van der Waals surface area contributed by atoms with E-state index in [1.54, 1.807) is 67.6 Å². The largest absolute Gasteiger partial charge is 0.492 e. The molecule has 4 rings (SSSR count). The zero-order chi connectivity index (χ0) is 31.7. The SMILES string of the molecule is CCOc1ccccc1N(CC(=O)N(Cc1ccccc1Cl)[C@H](Cc1ccccc1)C(=O)NC)S(=O)(=O)c1ccc(C)cc1. The molecule has 0 spiro atoms. The monoisotopic (exact) mass is 633 g/mol. The van der Waals surface area contributed by atoms with Crippen LogP contribution in [0.3, 0.4) is 0 Å². The number of amides is 2. The first-order chi connectivity index (χ1) is 21.1. The molecule has 0 unspecified atom stereocenters. The van der Waals surface area contributed by atoms with Gasteiger partial charge in [0, 0.05) is 25.0 Å².